The van der Waals surface area contributed by atoms with Crippen molar-refractivity contribution in [2.75, 3.05) is 0 Å². The topological polar surface area (TPSA) is 0 Å². The second-order valence-electron chi connectivity index (χ2n) is 6.57. The number of hydrogen-bond donors (Lipinski definition) is 0. The summed E-state index contributed by atoms with van der Waals surface area (Å²) in [6.45, 7) is 4.40. The molecule has 24 heavy (non-hydrogen) atoms. The molecule has 0 bridgehead atoms. The first kappa shape index (κ1) is 17.5. The van der Waals surface area contributed by atoms with Gasteiger partial charge in [-0.1, -0.05) is 51.0 Å². The lowest BCUT2D eigenvalue weighted by Gasteiger charge is -2.29. The molecule has 3 rings (SSSR count). The molecule has 0 aliphatic carbocycles. The molecule has 1 aliphatic heterocycles. The lowest BCUT2D eigenvalue weighted by molar-refractivity contribution is 0.390. The Labute approximate surface area is 147 Å². The molecule has 128 valence electrons. The lowest BCUT2D eigenvalue weighted by atomic mass is 9.75. The summed E-state index contributed by atoms with van der Waals surface area (Å²) in [4.78, 5) is 1.20. The molecule has 2 aromatic rings. The zero-order chi connectivity index (χ0) is 17.1. The Morgan fingerprint density at radius 2 is 1.71 bits per heavy atom. The van der Waals surface area contributed by atoms with Gasteiger partial charge in [-0.2, -0.15) is 0 Å². The molecule has 1 atom stereocenters. The molecular formula is C21H24F2S. The summed E-state index contributed by atoms with van der Waals surface area (Å²) in [7, 11) is 0. The number of halogens is 2. The van der Waals surface area contributed by atoms with E-state index < -0.39 is 11.6 Å². The molecular weight excluding hydrogens is 322 g/mol. The summed E-state index contributed by atoms with van der Waals surface area (Å²) in [5.74, 6) is -0.284. The molecule has 0 spiro atoms. The van der Waals surface area contributed by atoms with Crippen LogP contribution >= 0.6 is 11.8 Å². The lowest BCUT2D eigenvalue weighted by Crippen LogP contribution is -2.17. The zero-order valence-corrected chi connectivity index (χ0v) is 15.1. The number of benzene rings is 2. The van der Waals surface area contributed by atoms with Gasteiger partial charge in [0.05, 0.1) is 0 Å². The predicted molar refractivity (Wildman–Crippen MR) is 97.5 cm³/mol. The molecule has 3 heteroatoms. The average molecular weight is 346 g/mol. The van der Waals surface area contributed by atoms with Crippen molar-refractivity contribution in [2.24, 2.45) is 5.92 Å². The highest BCUT2D eigenvalue weighted by atomic mass is 32.2. The summed E-state index contributed by atoms with van der Waals surface area (Å²) in [5.41, 5.74) is 2.82. The van der Waals surface area contributed by atoms with Crippen molar-refractivity contribution in [1.29, 1.82) is 0 Å². The minimum absolute atomic E-state index is 0.154. The molecule has 1 unspecified atom stereocenters. The Morgan fingerprint density at radius 1 is 1.00 bits per heavy atom. The third-order valence-corrected chi connectivity index (χ3v) is 6.10. The van der Waals surface area contributed by atoms with Crippen molar-refractivity contribution in [2.45, 2.75) is 56.1 Å². The van der Waals surface area contributed by atoms with Gasteiger partial charge in [0.1, 0.15) is 0 Å². The van der Waals surface area contributed by atoms with Crippen molar-refractivity contribution in [3.63, 3.8) is 0 Å². The van der Waals surface area contributed by atoms with Crippen molar-refractivity contribution < 1.29 is 8.78 Å². The number of hydrogen-bond acceptors (Lipinski definition) is 1. The van der Waals surface area contributed by atoms with Crippen LogP contribution in [0.4, 0.5) is 8.78 Å². The van der Waals surface area contributed by atoms with Gasteiger partial charge in [-0.15, -0.1) is 11.8 Å². The Morgan fingerprint density at radius 3 is 2.42 bits per heavy atom. The largest absolute Gasteiger partial charge is 0.204 e. The van der Waals surface area contributed by atoms with Crippen LogP contribution in [0.1, 0.15) is 62.1 Å². The SMILES string of the molecule is CCCC(CCC)C1c2ccccc2SCc2c1ccc(F)c2F. The minimum atomic E-state index is -0.735. The van der Waals surface area contributed by atoms with E-state index in [1.807, 2.05) is 12.1 Å². The quantitative estimate of drug-likeness (QED) is 0.566. The van der Waals surface area contributed by atoms with Crippen LogP contribution < -0.4 is 0 Å². The molecule has 0 N–H and O–H groups in total. The maximum atomic E-state index is 14.5. The van der Waals surface area contributed by atoms with Crippen LogP contribution in [-0.2, 0) is 5.75 Å². The maximum Gasteiger partial charge on any atom is 0.163 e. The Kier molecular flexibility index (Phi) is 5.60. The van der Waals surface area contributed by atoms with Crippen LogP contribution in [0, 0.1) is 17.6 Å². The third kappa shape index (κ3) is 3.23. The van der Waals surface area contributed by atoms with Crippen LogP contribution in [-0.4, -0.2) is 0 Å². The number of thioether (sulfide) groups is 1. The van der Waals surface area contributed by atoms with E-state index in [0.29, 0.717) is 17.2 Å². The van der Waals surface area contributed by atoms with E-state index in [9.17, 15) is 8.78 Å². The Balaban J connectivity index is 2.19. The van der Waals surface area contributed by atoms with Gasteiger partial charge in [0.15, 0.2) is 11.6 Å². The van der Waals surface area contributed by atoms with Gasteiger partial charge in [-0.05, 0) is 42.0 Å². The molecule has 2 aromatic carbocycles. The molecule has 0 fully saturated rings. The maximum absolute atomic E-state index is 14.5. The molecule has 0 saturated heterocycles. The van der Waals surface area contributed by atoms with Gasteiger partial charge in [-0.25, -0.2) is 8.78 Å². The van der Waals surface area contributed by atoms with Crippen molar-refractivity contribution in [3.8, 4) is 0 Å². The first-order valence-corrected chi connectivity index (χ1v) is 9.84. The monoisotopic (exact) mass is 346 g/mol. The number of rotatable bonds is 5. The highest BCUT2D eigenvalue weighted by molar-refractivity contribution is 7.98. The molecule has 0 nitrogen and oxygen atoms in total. The van der Waals surface area contributed by atoms with Gasteiger partial charge >= 0.3 is 0 Å². The van der Waals surface area contributed by atoms with Crippen LogP contribution in [0.3, 0.4) is 0 Å². The fourth-order valence-corrected chi connectivity index (χ4v) is 5.09. The van der Waals surface area contributed by atoms with E-state index in [-0.39, 0.29) is 5.92 Å². The van der Waals surface area contributed by atoms with E-state index in [4.69, 9.17) is 0 Å². The van der Waals surface area contributed by atoms with Crippen molar-refractivity contribution in [3.05, 3.63) is 64.7 Å². The average Bonchev–Trinajstić information content (AvgIpc) is 2.75. The van der Waals surface area contributed by atoms with Crippen molar-refractivity contribution >= 4 is 11.8 Å². The summed E-state index contributed by atoms with van der Waals surface area (Å²) in [6, 6.07) is 11.5. The van der Waals surface area contributed by atoms with E-state index >= 15 is 0 Å². The fourth-order valence-electron chi connectivity index (χ4n) is 3.96. The van der Waals surface area contributed by atoms with Gasteiger partial charge < -0.3 is 0 Å². The molecule has 1 heterocycles. The Hall–Kier alpha value is -1.35. The van der Waals surface area contributed by atoms with E-state index in [0.717, 1.165) is 31.2 Å². The number of fused-ring (bicyclic) bond motifs is 2. The van der Waals surface area contributed by atoms with Crippen LogP contribution in [0.5, 0.6) is 0 Å². The standard InChI is InChI=1S/C21H24F2S/c1-3-7-14(8-4-2)20-15-11-12-18(22)21(23)17(15)13-24-19-10-6-5-9-16(19)20/h5-6,9-12,14,20H,3-4,7-8,13H2,1-2H3. The molecule has 0 radical (unpaired) electrons. The van der Waals surface area contributed by atoms with E-state index in [2.05, 4.69) is 32.0 Å². The van der Waals surface area contributed by atoms with E-state index in [1.165, 1.54) is 16.5 Å². The second kappa shape index (κ2) is 7.69. The molecule has 0 aromatic heterocycles. The second-order valence-corrected chi connectivity index (χ2v) is 7.59. The predicted octanol–water partition coefficient (Wildman–Crippen LogP) is 6.92. The summed E-state index contributed by atoms with van der Waals surface area (Å²) in [6.07, 6.45) is 4.43. The van der Waals surface area contributed by atoms with Gasteiger partial charge in [-0.3, -0.25) is 0 Å². The van der Waals surface area contributed by atoms with Crippen LogP contribution in [0.2, 0.25) is 0 Å². The van der Waals surface area contributed by atoms with Crippen LogP contribution in [0.25, 0.3) is 0 Å². The summed E-state index contributed by atoms with van der Waals surface area (Å²) >= 11 is 1.63. The fraction of sp³-hybridized carbons (Fsp3) is 0.429. The molecule has 0 amide bonds. The minimum Gasteiger partial charge on any atom is -0.204 e. The normalized spacial score (nSPS) is 16.6. The summed E-state index contributed by atoms with van der Waals surface area (Å²) in [5, 5.41) is 0. The van der Waals surface area contributed by atoms with Gasteiger partial charge in [0, 0.05) is 22.1 Å². The van der Waals surface area contributed by atoms with Gasteiger partial charge in [0.25, 0.3) is 0 Å². The third-order valence-electron chi connectivity index (χ3n) is 4.98. The highest BCUT2D eigenvalue weighted by Crippen LogP contribution is 2.47. The Bertz CT molecular complexity index is 705. The van der Waals surface area contributed by atoms with Gasteiger partial charge in [0.2, 0.25) is 0 Å². The summed E-state index contributed by atoms with van der Waals surface area (Å²) < 4.78 is 28.3. The van der Waals surface area contributed by atoms with E-state index in [1.54, 1.807) is 11.8 Å². The first-order valence-electron chi connectivity index (χ1n) is 8.85. The molecule has 0 saturated carbocycles. The zero-order valence-electron chi connectivity index (χ0n) is 14.3. The smallest absolute Gasteiger partial charge is 0.163 e. The highest BCUT2D eigenvalue weighted by Gasteiger charge is 2.31. The first-order chi connectivity index (χ1) is 11.7. The van der Waals surface area contributed by atoms with Crippen LogP contribution in [0.15, 0.2) is 41.3 Å². The molecule has 1 aliphatic rings. The van der Waals surface area contributed by atoms with Crippen molar-refractivity contribution in [1.82, 2.24) is 0 Å².